The lowest BCUT2D eigenvalue weighted by Crippen LogP contribution is -2.35. The largest absolute Gasteiger partial charge is 0.454 e. The lowest BCUT2D eigenvalue weighted by atomic mass is 9.78. The van der Waals surface area contributed by atoms with E-state index in [9.17, 15) is 0 Å². The first-order chi connectivity index (χ1) is 10.3. The normalized spacial score (nSPS) is 29.3. The fourth-order valence-corrected chi connectivity index (χ4v) is 4.33. The zero-order valence-electron chi connectivity index (χ0n) is 12.9. The second-order valence-corrected chi connectivity index (χ2v) is 6.79. The van der Waals surface area contributed by atoms with Gasteiger partial charge in [0.05, 0.1) is 0 Å². The number of benzene rings is 1. The van der Waals surface area contributed by atoms with Crippen LogP contribution in [0.25, 0.3) is 0 Å². The second kappa shape index (κ2) is 5.53. The number of hydrogen-bond acceptors (Lipinski definition) is 3. The average molecular weight is 287 g/mol. The Morgan fingerprint density at radius 2 is 2.05 bits per heavy atom. The molecule has 2 bridgehead atoms. The van der Waals surface area contributed by atoms with Crippen LogP contribution in [0.4, 0.5) is 0 Å². The topological polar surface area (TPSA) is 21.7 Å². The molecule has 3 heteroatoms. The van der Waals surface area contributed by atoms with Crippen LogP contribution in [0.2, 0.25) is 0 Å². The third-order valence-electron chi connectivity index (χ3n) is 5.42. The molecule has 114 valence electrons. The molecule has 1 aromatic rings. The van der Waals surface area contributed by atoms with E-state index in [0.717, 1.165) is 29.9 Å². The van der Waals surface area contributed by atoms with Crippen molar-refractivity contribution < 1.29 is 9.47 Å². The van der Waals surface area contributed by atoms with E-state index >= 15 is 0 Å². The van der Waals surface area contributed by atoms with Crippen molar-refractivity contribution in [2.24, 2.45) is 5.92 Å². The maximum absolute atomic E-state index is 5.61. The van der Waals surface area contributed by atoms with Gasteiger partial charge >= 0.3 is 0 Å². The summed E-state index contributed by atoms with van der Waals surface area (Å²) in [5.41, 5.74) is 3.01. The van der Waals surface area contributed by atoms with Crippen LogP contribution in [-0.2, 0) is 6.54 Å². The summed E-state index contributed by atoms with van der Waals surface area (Å²) in [6.45, 7) is 6.28. The Labute approximate surface area is 127 Å². The minimum atomic E-state index is 0.381. The molecule has 1 fully saturated rings. The Balaban J connectivity index is 1.63. The maximum atomic E-state index is 5.61. The first-order valence-corrected chi connectivity index (χ1v) is 8.50. The molecule has 0 aromatic heterocycles. The Hall–Kier alpha value is -1.22. The highest BCUT2D eigenvalue weighted by atomic mass is 16.7. The minimum Gasteiger partial charge on any atom is -0.454 e. The van der Waals surface area contributed by atoms with Crippen molar-refractivity contribution in [3.63, 3.8) is 0 Å². The van der Waals surface area contributed by atoms with Gasteiger partial charge in [0.15, 0.2) is 11.5 Å². The zero-order chi connectivity index (χ0) is 14.2. The molecule has 4 aliphatic rings. The summed E-state index contributed by atoms with van der Waals surface area (Å²) in [4.78, 5) is 2.64. The van der Waals surface area contributed by atoms with Crippen molar-refractivity contribution in [3.05, 3.63) is 23.3 Å². The molecule has 5 rings (SSSR count). The first-order valence-electron chi connectivity index (χ1n) is 8.50. The summed E-state index contributed by atoms with van der Waals surface area (Å²) in [5, 5.41) is 0. The molecule has 1 saturated heterocycles. The standard InChI is InChI=1S/C18H25NO2/c1-2-3-4-5-13-10-19-7-6-15(13)16-9-18-17(20-12-21-18)8-14(16)11-19/h8-9,13,15H,2-7,10-12H2,1H3/t13-,15+/m1/s1. The molecule has 1 aromatic carbocycles. The smallest absolute Gasteiger partial charge is 0.231 e. The van der Waals surface area contributed by atoms with E-state index in [2.05, 4.69) is 24.0 Å². The van der Waals surface area contributed by atoms with Crippen molar-refractivity contribution in [2.45, 2.75) is 51.5 Å². The number of unbranched alkanes of at least 4 members (excludes halogenated alkanes) is 2. The van der Waals surface area contributed by atoms with Crippen LogP contribution in [0.1, 0.15) is 56.1 Å². The summed E-state index contributed by atoms with van der Waals surface area (Å²) >= 11 is 0. The van der Waals surface area contributed by atoms with Gasteiger partial charge in [-0.05, 0) is 54.5 Å². The number of hydrogen-bond donors (Lipinski definition) is 0. The summed E-state index contributed by atoms with van der Waals surface area (Å²) in [5.74, 6) is 3.46. The zero-order valence-corrected chi connectivity index (χ0v) is 12.9. The molecule has 0 aliphatic carbocycles. The monoisotopic (exact) mass is 287 g/mol. The van der Waals surface area contributed by atoms with E-state index in [1.165, 1.54) is 50.8 Å². The van der Waals surface area contributed by atoms with E-state index in [1.807, 2.05) is 0 Å². The Morgan fingerprint density at radius 3 is 2.90 bits per heavy atom. The lowest BCUT2D eigenvalue weighted by molar-refractivity contribution is 0.152. The predicted molar refractivity (Wildman–Crippen MR) is 82.8 cm³/mol. The summed E-state index contributed by atoms with van der Waals surface area (Å²) in [6, 6.07) is 4.52. The third-order valence-corrected chi connectivity index (χ3v) is 5.42. The predicted octanol–water partition coefficient (Wildman–Crippen LogP) is 3.91. The Bertz CT molecular complexity index is 528. The number of ether oxygens (including phenoxy) is 2. The number of piperidine rings is 1. The van der Waals surface area contributed by atoms with Crippen molar-refractivity contribution >= 4 is 0 Å². The first kappa shape index (κ1) is 13.4. The minimum absolute atomic E-state index is 0.381. The molecule has 0 amide bonds. The van der Waals surface area contributed by atoms with E-state index in [4.69, 9.17) is 9.47 Å². The molecule has 3 nitrogen and oxygen atoms in total. The van der Waals surface area contributed by atoms with Gasteiger partial charge in [-0.1, -0.05) is 26.2 Å². The van der Waals surface area contributed by atoms with Gasteiger partial charge in [-0.25, -0.2) is 0 Å². The third kappa shape index (κ3) is 2.42. The average Bonchev–Trinajstić information content (AvgIpc) is 2.81. The SMILES string of the molecule is CCCCC[C@@H]1CN2CC[C@@H]1c1cc3c(cc1C2)OCO3. The second-order valence-electron chi connectivity index (χ2n) is 6.79. The van der Waals surface area contributed by atoms with Crippen LogP contribution in [0.5, 0.6) is 11.5 Å². The Morgan fingerprint density at radius 1 is 1.19 bits per heavy atom. The van der Waals surface area contributed by atoms with Crippen LogP contribution < -0.4 is 9.47 Å². The van der Waals surface area contributed by atoms with Crippen LogP contribution in [0.3, 0.4) is 0 Å². The Kier molecular flexibility index (Phi) is 3.54. The van der Waals surface area contributed by atoms with Gasteiger partial charge in [-0.3, -0.25) is 4.90 Å². The van der Waals surface area contributed by atoms with Gasteiger partial charge in [-0.15, -0.1) is 0 Å². The van der Waals surface area contributed by atoms with Gasteiger partial charge in [0.1, 0.15) is 0 Å². The summed E-state index contributed by atoms with van der Waals surface area (Å²) < 4.78 is 11.2. The van der Waals surface area contributed by atoms with Crippen molar-refractivity contribution in [1.29, 1.82) is 0 Å². The van der Waals surface area contributed by atoms with Crippen LogP contribution in [-0.4, -0.2) is 24.8 Å². The van der Waals surface area contributed by atoms with Gasteiger partial charge in [0.25, 0.3) is 0 Å². The van der Waals surface area contributed by atoms with Gasteiger partial charge < -0.3 is 9.47 Å². The summed E-state index contributed by atoms with van der Waals surface area (Å²) in [7, 11) is 0. The van der Waals surface area contributed by atoms with E-state index < -0.39 is 0 Å². The van der Waals surface area contributed by atoms with Crippen LogP contribution in [0.15, 0.2) is 12.1 Å². The van der Waals surface area contributed by atoms with Gasteiger partial charge in [0.2, 0.25) is 6.79 Å². The fraction of sp³-hybridized carbons (Fsp3) is 0.667. The van der Waals surface area contributed by atoms with E-state index in [-0.39, 0.29) is 0 Å². The van der Waals surface area contributed by atoms with Gasteiger partial charge in [-0.2, -0.15) is 0 Å². The molecular formula is C18H25NO2. The highest BCUT2D eigenvalue weighted by Gasteiger charge is 2.36. The highest BCUT2D eigenvalue weighted by Crippen LogP contribution is 2.46. The molecule has 21 heavy (non-hydrogen) atoms. The molecule has 0 saturated carbocycles. The fourth-order valence-electron chi connectivity index (χ4n) is 4.33. The van der Waals surface area contributed by atoms with Crippen molar-refractivity contribution in [3.8, 4) is 11.5 Å². The molecule has 4 aliphatic heterocycles. The quantitative estimate of drug-likeness (QED) is 0.784. The molecule has 0 spiro atoms. The molecule has 1 unspecified atom stereocenters. The number of rotatable bonds is 4. The molecule has 3 atom stereocenters. The molecule has 4 heterocycles. The van der Waals surface area contributed by atoms with Crippen molar-refractivity contribution in [1.82, 2.24) is 4.90 Å². The van der Waals surface area contributed by atoms with E-state index in [1.54, 1.807) is 5.56 Å². The van der Waals surface area contributed by atoms with Crippen molar-refractivity contribution in [2.75, 3.05) is 19.9 Å². The number of fused-ring (bicyclic) bond motifs is 3. The molecule has 0 radical (unpaired) electrons. The highest BCUT2D eigenvalue weighted by molar-refractivity contribution is 5.50. The number of nitrogens with zero attached hydrogens (tertiary/aromatic N) is 1. The van der Waals surface area contributed by atoms with Gasteiger partial charge in [0, 0.05) is 13.1 Å². The maximum Gasteiger partial charge on any atom is 0.231 e. The lowest BCUT2D eigenvalue weighted by Gasteiger charge is -2.35. The van der Waals surface area contributed by atoms with Crippen LogP contribution in [0, 0.1) is 5.92 Å². The van der Waals surface area contributed by atoms with E-state index in [0.29, 0.717) is 6.79 Å². The van der Waals surface area contributed by atoms with Crippen LogP contribution >= 0.6 is 0 Å². The molecule has 0 N–H and O–H groups in total. The molecular weight excluding hydrogens is 262 g/mol. The summed E-state index contributed by atoms with van der Waals surface area (Å²) in [6.07, 6.45) is 6.76.